The summed E-state index contributed by atoms with van der Waals surface area (Å²) >= 11 is 0. The fourth-order valence-corrected chi connectivity index (χ4v) is 2.38. The summed E-state index contributed by atoms with van der Waals surface area (Å²) in [5.74, 6) is 1.60. The minimum atomic E-state index is -0.0574. The molecule has 1 aliphatic rings. The highest BCUT2D eigenvalue weighted by Crippen LogP contribution is 2.33. The van der Waals surface area contributed by atoms with E-state index in [4.69, 9.17) is 15.2 Å². The molecule has 106 valence electrons. The maximum absolute atomic E-state index is 6.05. The molecule has 2 aromatic rings. The second-order valence-electron chi connectivity index (χ2n) is 5.57. The lowest BCUT2D eigenvalue weighted by Gasteiger charge is -2.16. The molecule has 1 fully saturated rings. The van der Waals surface area contributed by atoms with E-state index in [0.717, 1.165) is 34.6 Å². The van der Waals surface area contributed by atoms with Crippen LogP contribution in [0, 0.1) is 5.92 Å². The fraction of sp³-hybridized carbons (Fsp3) is 0.412. The zero-order chi connectivity index (χ0) is 13.9. The Balaban J connectivity index is 1.82. The second-order valence-corrected chi connectivity index (χ2v) is 5.57. The predicted octanol–water partition coefficient (Wildman–Crippen LogP) is 3.62. The Morgan fingerprint density at radius 1 is 1.20 bits per heavy atom. The summed E-state index contributed by atoms with van der Waals surface area (Å²) in [7, 11) is 0. The predicted molar refractivity (Wildman–Crippen MR) is 80.7 cm³/mol. The van der Waals surface area contributed by atoms with Gasteiger partial charge in [0.2, 0.25) is 0 Å². The van der Waals surface area contributed by atoms with Crippen LogP contribution < -0.4 is 10.5 Å². The molecule has 0 spiro atoms. The summed E-state index contributed by atoms with van der Waals surface area (Å²) < 4.78 is 11.5. The Hall–Kier alpha value is -1.58. The Labute approximate surface area is 119 Å². The number of ether oxygens (including phenoxy) is 2. The molecule has 0 saturated heterocycles. The minimum absolute atomic E-state index is 0.0574. The van der Waals surface area contributed by atoms with Gasteiger partial charge >= 0.3 is 0 Å². The average Bonchev–Trinajstić information content (AvgIpc) is 3.27. The first-order valence-electron chi connectivity index (χ1n) is 7.23. The molecule has 0 radical (unpaired) electrons. The number of hydrogen-bond donors (Lipinski definition) is 1. The molecule has 0 amide bonds. The average molecular weight is 271 g/mol. The van der Waals surface area contributed by atoms with Gasteiger partial charge in [-0.05, 0) is 31.1 Å². The molecule has 0 bridgehead atoms. The van der Waals surface area contributed by atoms with E-state index < -0.39 is 0 Å². The van der Waals surface area contributed by atoms with Crippen molar-refractivity contribution in [2.24, 2.45) is 11.7 Å². The Morgan fingerprint density at radius 3 is 2.75 bits per heavy atom. The summed E-state index contributed by atoms with van der Waals surface area (Å²) in [4.78, 5) is 0. The van der Waals surface area contributed by atoms with Gasteiger partial charge in [-0.2, -0.15) is 0 Å². The Morgan fingerprint density at radius 2 is 2.00 bits per heavy atom. The first-order chi connectivity index (χ1) is 9.75. The lowest BCUT2D eigenvalue weighted by Crippen LogP contribution is -2.11. The highest BCUT2D eigenvalue weighted by atomic mass is 16.7. The van der Waals surface area contributed by atoms with Gasteiger partial charge < -0.3 is 15.2 Å². The summed E-state index contributed by atoms with van der Waals surface area (Å²) in [6.45, 7) is 3.07. The molecule has 20 heavy (non-hydrogen) atoms. The molecule has 3 heteroatoms. The van der Waals surface area contributed by atoms with Gasteiger partial charge in [-0.3, -0.25) is 0 Å². The third-order valence-electron chi connectivity index (χ3n) is 3.74. The molecule has 0 aromatic heterocycles. The van der Waals surface area contributed by atoms with Gasteiger partial charge in [0.1, 0.15) is 5.75 Å². The van der Waals surface area contributed by atoms with Crippen LogP contribution in [0.2, 0.25) is 0 Å². The maximum Gasteiger partial charge on any atom is 0.189 e. The van der Waals surface area contributed by atoms with Crippen LogP contribution in [0.3, 0.4) is 0 Å². The van der Waals surface area contributed by atoms with Crippen LogP contribution in [0.25, 0.3) is 10.8 Å². The van der Waals surface area contributed by atoms with E-state index in [1.54, 1.807) is 0 Å². The van der Waals surface area contributed by atoms with Crippen LogP contribution in [0.4, 0.5) is 0 Å². The number of rotatable bonds is 6. The topological polar surface area (TPSA) is 44.5 Å². The van der Waals surface area contributed by atoms with Crippen molar-refractivity contribution in [2.75, 3.05) is 13.4 Å². The summed E-state index contributed by atoms with van der Waals surface area (Å²) in [5, 5.41) is 2.26. The van der Waals surface area contributed by atoms with Gasteiger partial charge in [-0.25, -0.2) is 0 Å². The number of nitrogens with two attached hydrogens (primary N) is 1. The first-order valence-corrected chi connectivity index (χ1v) is 7.23. The van der Waals surface area contributed by atoms with Crippen LogP contribution >= 0.6 is 0 Å². The standard InChI is InChI=1S/C17H21NO2/c1-12(18)15-9-8-14-4-2-3-5-16(14)17(15)20-11-19-10-13-6-7-13/h2-5,8-9,12-13H,6-7,10-11,18H2,1H3/t12-/m0/s1. The van der Waals surface area contributed by atoms with Crippen LogP contribution in [0.5, 0.6) is 5.75 Å². The van der Waals surface area contributed by atoms with Gasteiger partial charge in [0.25, 0.3) is 0 Å². The van der Waals surface area contributed by atoms with Crippen molar-refractivity contribution in [1.29, 1.82) is 0 Å². The zero-order valence-corrected chi connectivity index (χ0v) is 11.8. The van der Waals surface area contributed by atoms with Crippen molar-refractivity contribution in [3.8, 4) is 5.75 Å². The number of hydrogen-bond acceptors (Lipinski definition) is 3. The molecule has 1 atom stereocenters. The summed E-state index contributed by atoms with van der Waals surface area (Å²) in [6, 6.07) is 12.3. The summed E-state index contributed by atoms with van der Waals surface area (Å²) in [5.41, 5.74) is 7.07. The monoisotopic (exact) mass is 271 g/mol. The third-order valence-corrected chi connectivity index (χ3v) is 3.74. The molecule has 1 aliphatic carbocycles. The smallest absolute Gasteiger partial charge is 0.189 e. The van der Waals surface area contributed by atoms with E-state index in [2.05, 4.69) is 18.2 Å². The maximum atomic E-state index is 6.05. The van der Waals surface area contributed by atoms with E-state index in [1.807, 2.05) is 25.1 Å². The third kappa shape index (κ3) is 2.94. The molecular formula is C17H21NO2. The molecule has 0 unspecified atom stereocenters. The first kappa shape index (κ1) is 13.4. The van der Waals surface area contributed by atoms with Crippen LogP contribution in [-0.2, 0) is 4.74 Å². The van der Waals surface area contributed by atoms with E-state index in [1.165, 1.54) is 12.8 Å². The summed E-state index contributed by atoms with van der Waals surface area (Å²) in [6.07, 6.45) is 2.58. The molecule has 0 aliphatic heterocycles. The number of fused-ring (bicyclic) bond motifs is 1. The van der Waals surface area contributed by atoms with E-state index in [9.17, 15) is 0 Å². The molecule has 3 nitrogen and oxygen atoms in total. The minimum Gasteiger partial charge on any atom is -0.467 e. The Bertz CT molecular complexity index is 591. The van der Waals surface area contributed by atoms with E-state index in [-0.39, 0.29) is 6.04 Å². The van der Waals surface area contributed by atoms with Crippen molar-refractivity contribution in [1.82, 2.24) is 0 Å². The van der Waals surface area contributed by atoms with Crippen molar-refractivity contribution in [2.45, 2.75) is 25.8 Å². The van der Waals surface area contributed by atoms with Crippen molar-refractivity contribution in [3.63, 3.8) is 0 Å². The molecule has 1 saturated carbocycles. The molecule has 2 aromatic carbocycles. The molecule has 0 heterocycles. The van der Waals surface area contributed by atoms with Gasteiger partial charge in [0.15, 0.2) is 6.79 Å². The van der Waals surface area contributed by atoms with Crippen molar-refractivity contribution >= 4 is 10.8 Å². The SMILES string of the molecule is C[C@H](N)c1ccc2ccccc2c1OCOCC1CC1. The van der Waals surface area contributed by atoms with Crippen LogP contribution in [0.1, 0.15) is 31.4 Å². The highest BCUT2D eigenvalue weighted by Gasteiger charge is 2.21. The largest absolute Gasteiger partial charge is 0.467 e. The van der Waals surface area contributed by atoms with Crippen LogP contribution in [-0.4, -0.2) is 13.4 Å². The van der Waals surface area contributed by atoms with Gasteiger partial charge in [-0.1, -0.05) is 36.4 Å². The lowest BCUT2D eigenvalue weighted by molar-refractivity contribution is 0.0102. The van der Waals surface area contributed by atoms with Crippen molar-refractivity contribution in [3.05, 3.63) is 42.0 Å². The molecule has 3 rings (SSSR count). The van der Waals surface area contributed by atoms with Gasteiger partial charge in [0, 0.05) is 17.0 Å². The van der Waals surface area contributed by atoms with Gasteiger partial charge in [0.05, 0.1) is 6.61 Å². The Kier molecular flexibility index (Phi) is 3.90. The van der Waals surface area contributed by atoms with E-state index in [0.29, 0.717) is 6.79 Å². The fourth-order valence-electron chi connectivity index (χ4n) is 2.38. The zero-order valence-electron chi connectivity index (χ0n) is 11.8. The lowest BCUT2D eigenvalue weighted by atomic mass is 10.0. The molecule has 2 N–H and O–H groups in total. The normalized spacial score (nSPS) is 16.3. The number of benzene rings is 2. The highest BCUT2D eigenvalue weighted by molar-refractivity contribution is 5.89. The second kappa shape index (κ2) is 5.81. The quantitative estimate of drug-likeness (QED) is 0.644. The van der Waals surface area contributed by atoms with Gasteiger partial charge in [-0.15, -0.1) is 0 Å². The molecular weight excluding hydrogens is 250 g/mol. The van der Waals surface area contributed by atoms with Crippen molar-refractivity contribution < 1.29 is 9.47 Å². The van der Waals surface area contributed by atoms with E-state index >= 15 is 0 Å². The van der Waals surface area contributed by atoms with Crippen LogP contribution in [0.15, 0.2) is 36.4 Å².